The van der Waals surface area contributed by atoms with E-state index in [0.29, 0.717) is 18.3 Å². The Hall–Kier alpha value is -1.35. The van der Waals surface area contributed by atoms with E-state index in [1.165, 1.54) is 0 Å². The zero-order chi connectivity index (χ0) is 11.5. The van der Waals surface area contributed by atoms with Crippen molar-refractivity contribution in [2.24, 2.45) is 0 Å². The first kappa shape index (κ1) is 11.1. The Balaban J connectivity index is 2.11. The molecule has 0 aromatic heterocycles. The normalized spacial score (nSPS) is 22.9. The van der Waals surface area contributed by atoms with Crippen molar-refractivity contribution in [1.29, 1.82) is 0 Å². The maximum atomic E-state index is 11.5. The summed E-state index contributed by atoms with van der Waals surface area (Å²) in [5.41, 5.74) is 1.67. The van der Waals surface area contributed by atoms with Gasteiger partial charge in [-0.1, -0.05) is 19.1 Å². The second-order valence-electron chi connectivity index (χ2n) is 3.85. The molecule has 1 fully saturated rings. The molecule has 2 rings (SSSR count). The Kier molecular flexibility index (Phi) is 3.25. The van der Waals surface area contributed by atoms with Gasteiger partial charge in [0.15, 0.2) is 0 Å². The molecule has 16 heavy (non-hydrogen) atoms. The molecule has 1 aliphatic rings. The highest BCUT2D eigenvalue weighted by molar-refractivity contribution is 5.89. The number of hydrogen-bond acceptors (Lipinski definition) is 3. The molecule has 1 aliphatic heterocycles. The minimum absolute atomic E-state index is 0.166. The summed E-state index contributed by atoms with van der Waals surface area (Å²) in [4.78, 5) is 11.5. The van der Waals surface area contributed by atoms with Gasteiger partial charge in [0.25, 0.3) is 0 Å². The molecule has 3 nitrogen and oxygen atoms in total. The molecule has 0 N–H and O–H groups in total. The molecule has 1 aromatic rings. The lowest BCUT2D eigenvalue weighted by Gasteiger charge is -2.03. The number of carbonyl (C=O) groups excluding carboxylic acids is 1. The van der Waals surface area contributed by atoms with E-state index in [2.05, 4.69) is 6.92 Å². The zero-order valence-corrected chi connectivity index (χ0v) is 9.60. The van der Waals surface area contributed by atoms with Crippen LogP contribution in [0, 0.1) is 0 Å². The van der Waals surface area contributed by atoms with Crippen molar-refractivity contribution in [3.8, 4) is 0 Å². The topological polar surface area (TPSA) is 38.8 Å². The van der Waals surface area contributed by atoms with Gasteiger partial charge in [0.05, 0.1) is 18.3 Å². The SMILES string of the molecule is CCOC(=O)c1cccc(C2OC2CC)c1. The average Bonchev–Trinajstić information content (AvgIpc) is 3.09. The summed E-state index contributed by atoms with van der Waals surface area (Å²) in [7, 11) is 0. The number of carbonyl (C=O) groups is 1. The second kappa shape index (κ2) is 4.66. The number of hydrogen-bond donors (Lipinski definition) is 0. The van der Waals surface area contributed by atoms with Crippen LogP contribution in [0.15, 0.2) is 24.3 Å². The van der Waals surface area contributed by atoms with Crippen LogP contribution >= 0.6 is 0 Å². The summed E-state index contributed by atoms with van der Waals surface area (Å²) in [6.07, 6.45) is 1.49. The Bertz CT molecular complexity index is 387. The maximum absolute atomic E-state index is 11.5. The Morgan fingerprint density at radius 1 is 1.44 bits per heavy atom. The molecule has 3 heteroatoms. The van der Waals surface area contributed by atoms with Crippen LogP contribution in [0.1, 0.15) is 42.3 Å². The van der Waals surface area contributed by atoms with Crippen LogP contribution in [0.25, 0.3) is 0 Å². The largest absolute Gasteiger partial charge is 0.462 e. The lowest BCUT2D eigenvalue weighted by Crippen LogP contribution is -2.04. The van der Waals surface area contributed by atoms with Crippen LogP contribution in [0.3, 0.4) is 0 Å². The number of rotatable bonds is 4. The van der Waals surface area contributed by atoms with E-state index in [1.807, 2.05) is 18.2 Å². The Morgan fingerprint density at radius 2 is 2.25 bits per heavy atom. The van der Waals surface area contributed by atoms with Gasteiger partial charge < -0.3 is 9.47 Å². The van der Waals surface area contributed by atoms with Gasteiger partial charge in [0, 0.05) is 0 Å². The summed E-state index contributed by atoms with van der Waals surface area (Å²) in [6, 6.07) is 7.49. The minimum Gasteiger partial charge on any atom is -0.462 e. The summed E-state index contributed by atoms with van der Waals surface area (Å²) in [6.45, 7) is 4.30. The molecule has 0 bridgehead atoms. The van der Waals surface area contributed by atoms with Crippen molar-refractivity contribution in [1.82, 2.24) is 0 Å². The van der Waals surface area contributed by atoms with Crippen LogP contribution in [-0.2, 0) is 9.47 Å². The highest BCUT2D eigenvalue weighted by Gasteiger charge is 2.38. The summed E-state index contributed by atoms with van der Waals surface area (Å²) < 4.78 is 10.5. The van der Waals surface area contributed by atoms with Gasteiger partial charge in [-0.2, -0.15) is 0 Å². The van der Waals surface area contributed by atoms with Crippen LogP contribution in [-0.4, -0.2) is 18.7 Å². The van der Waals surface area contributed by atoms with E-state index in [4.69, 9.17) is 9.47 Å². The van der Waals surface area contributed by atoms with Gasteiger partial charge in [0.1, 0.15) is 6.10 Å². The third-order valence-corrected chi connectivity index (χ3v) is 2.71. The smallest absolute Gasteiger partial charge is 0.338 e. The van der Waals surface area contributed by atoms with Gasteiger partial charge in [0.2, 0.25) is 0 Å². The monoisotopic (exact) mass is 220 g/mol. The summed E-state index contributed by atoms with van der Waals surface area (Å²) in [5.74, 6) is -0.266. The lowest BCUT2D eigenvalue weighted by atomic mass is 10.1. The zero-order valence-electron chi connectivity index (χ0n) is 9.60. The van der Waals surface area contributed by atoms with Gasteiger partial charge in [-0.25, -0.2) is 4.79 Å². The summed E-state index contributed by atoms with van der Waals surface area (Å²) >= 11 is 0. The number of benzene rings is 1. The fourth-order valence-corrected chi connectivity index (χ4v) is 1.80. The predicted octanol–water partition coefficient (Wildman–Crippen LogP) is 2.71. The van der Waals surface area contributed by atoms with Crippen LogP contribution in [0.2, 0.25) is 0 Å². The fraction of sp³-hybridized carbons (Fsp3) is 0.462. The van der Waals surface area contributed by atoms with Crippen molar-refractivity contribution in [3.63, 3.8) is 0 Å². The molecule has 1 saturated heterocycles. The molecule has 1 aromatic carbocycles. The molecule has 0 spiro atoms. The van der Waals surface area contributed by atoms with Gasteiger partial charge in [-0.3, -0.25) is 0 Å². The van der Waals surface area contributed by atoms with Crippen molar-refractivity contribution < 1.29 is 14.3 Å². The molecular weight excluding hydrogens is 204 g/mol. The van der Waals surface area contributed by atoms with Gasteiger partial charge >= 0.3 is 5.97 Å². The summed E-state index contributed by atoms with van der Waals surface area (Å²) in [5, 5.41) is 0. The first-order valence-electron chi connectivity index (χ1n) is 5.68. The van der Waals surface area contributed by atoms with Crippen LogP contribution in [0.4, 0.5) is 0 Å². The Labute approximate surface area is 95.4 Å². The van der Waals surface area contributed by atoms with E-state index in [-0.39, 0.29) is 12.1 Å². The highest BCUT2D eigenvalue weighted by Crippen LogP contribution is 2.40. The van der Waals surface area contributed by atoms with E-state index in [0.717, 1.165) is 12.0 Å². The third kappa shape index (κ3) is 2.25. The number of esters is 1. The first-order chi connectivity index (χ1) is 7.76. The van der Waals surface area contributed by atoms with E-state index in [1.54, 1.807) is 13.0 Å². The van der Waals surface area contributed by atoms with E-state index < -0.39 is 0 Å². The first-order valence-corrected chi connectivity index (χ1v) is 5.68. The number of epoxide rings is 1. The van der Waals surface area contributed by atoms with Gasteiger partial charge in [-0.15, -0.1) is 0 Å². The van der Waals surface area contributed by atoms with Crippen molar-refractivity contribution in [2.75, 3.05) is 6.61 Å². The standard InChI is InChI=1S/C13H16O3/c1-3-11-12(16-11)9-6-5-7-10(8-9)13(14)15-4-2/h5-8,11-12H,3-4H2,1-2H3. The lowest BCUT2D eigenvalue weighted by molar-refractivity contribution is 0.0526. The number of ether oxygens (including phenoxy) is 2. The molecule has 0 saturated carbocycles. The van der Waals surface area contributed by atoms with E-state index >= 15 is 0 Å². The van der Waals surface area contributed by atoms with Crippen molar-refractivity contribution >= 4 is 5.97 Å². The molecule has 0 radical (unpaired) electrons. The van der Waals surface area contributed by atoms with Crippen LogP contribution < -0.4 is 0 Å². The Morgan fingerprint density at radius 3 is 2.88 bits per heavy atom. The average molecular weight is 220 g/mol. The van der Waals surface area contributed by atoms with Crippen LogP contribution in [0.5, 0.6) is 0 Å². The highest BCUT2D eigenvalue weighted by atomic mass is 16.6. The minimum atomic E-state index is -0.266. The second-order valence-corrected chi connectivity index (χ2v) is 3.85. The van der Waals surface area contributed by atoms with Gasteiger partial charge in [-0.05, 0) is 31.0 Å². The molecule has 1 heterocycles. The molecule has 0 amide bonds. The molecular formula is C13H16O3. The molecule has 86 valence electrons. The quantitative estimate of drug-likeness (QED) is 0.578. The van der Waals surface area contributed by atoms with Crippen molar-refractivity contribution in [2.45, 2.75) is 32.5 Å². The van der Waals surface area contributed by atoms with E-state index in [9.17, 15) is 4.79 Å². The fourth-order valence-electron chi connectivity index (χ4n) is 1.80. The van der Waals surface area contributed by atoms with Crippen molar-refractivity contribution in [3.05, 3.63) is 35.4 Å². The molecule has 2 atom stereocenters. The molecule has 2 unspecified atom stereocenters. The predicted molar refractivity (Wildman–Crippen MR) is 60.3 cm³/mol. The molecule has 0 aliphatic carbocycles. The third-order valence-electron chi connectivity index (χ3n) is 2.71. The maximum Gasteiger partial charge on any atom is 0.338 e.